The number of nitrogens with two attached hydrogens (primary N) is 1. The van der Waals surface area contributed by atoms with Crippen LogP contribution < -0.4 is 11.1 Å². The number of hydrogen-bond donors (Lipinski definition) is 2. The number of hydrogen-bond acceptors (Lipinski definition) is 5. The van der Waals surface area contributed by atoms with E-state index in [1.165, 1.54) is 17.2 Å². The van der Waals surface area contributed by atoms with E-state index >= 15 is 0 Å². The number of nitrogens with one attached hydrogen (secondary N) is 1. The molecule has 1 aliphatic rings. The molecule has 26 heavy (non-hydrogen) atoms. The Bertz CT molecular complexity index is 886. The Morgan fingerprint density at radius 1 is 1.31 bits per heavy atom. The topological polar surface area (TPSA) is 105 Å². The summed E-state index contributed by atoms with van der Waals surface area (Å²) in [7, 11) is 0. The van der Waals surface area contributed by atoms with E-state index in [2.05, 4.69) is 10.3 Å². The first-order valence-corrected chi connectivity index (χ1v) is 9.26. The molecule has 1 atom stereocenters. The van der Waals surface area contributed by atoms with Crippen LogP contribution >= 0.6 is 34.5 Å². The highest BCUT2D eigenvalue weighted by atomic mass is 35.5. The summed E-state index contributed by atoms with van der Waals surface area (Å²) in [6.45, 7) is 0.435. The van der Waals surface area contributed by atoms with E-state index in [9.17, 15) is 14.4 Å². The van der Waals surface area contributed by atoms with Crippen molar-refractivity contribution in [2.75, 3.05) is 11.9 Å². The second kappa shape index (κ2) is 7.61. The zero-order valence-corrected chi connectivity index (χ0v) is 15.7. The zero-order valence-electron chi connectivity index (χ0n) is 13.4. The average molecular weight is 413 g/mol. The summed E-state index contributed by atoms with van der Waals surface area (Å²) < 4.78 is 0. The number of benzene rings is 1. The molecule has 1 aromatic carbocycles. The summed E-state index contributed by atoms with van der Waals surface area (Å²) in [5, 5.41) is 3.55. The van der Waals surface area contributed by atoms with Gasteiger partial charge in [0.05, 0.1) is 16.8 Å². The Labute approximate surface area is 163 Å². The predicted molar refractivity (Wildman–Crippen MR) is 99.8 cm³/mol. The molecular weight excluding hydrogens is 399 g/mol. The number of likely N-dealkylation sites (tertiary alicyclic amines) is 1. The molecule has 0 spiro atoms. The minimum Gasteiger partial charge on any atom is -0.365 e. The van der Waals surface area contributed by atoms with Crippen LogP contribution in [-0.2, 0) is 4.79 Å². The van der Waals surface area contributed by atoms with Crippen molar-refractivity contribution in [2.45, 2.75) is 18.9 Å². The Kier molecular flexibility index (Phi) is 5.45. The van der Waals surface area contributed by atoms with Gasteiger partial charge in [0, 0.05) is 11.6 Å². The molecule has 136 valence electrons. The normalized spacial score (nSPS) is 16.5. The van der Waals surface area contributed by atoms with Crippen LogP contribution in [0.25, 0.3) is 0 Å². The van der Waals surface area contributed by atoms with Gasteiger partial charge in [0.15, 0.2) is 5.13 Å². The number of primary amides is 1. The summed E-state index contributed by atoms with van der Waals surface area (Å²) >= 11 is 13.0. The lowest BCUT2D eigenvalue weighted by Gasteiger charge is -2.24. The Morgan fingerprint density at radius 3 is 2.77 bits per heavy atom. The molecule has 1 fully saturated rings. The Hall–Kier alpha value is -2.16. The fourth-order valence-corrected chi connectivity index (χ4v) is 3.77. The molecule has 1 aromatic heterocycles. The number of anilines is 1. The van der Waals surface area contributed by atoms with Crippen molar-refractivity contribution in [3.8, 4) is 0 Å². The van der Waals surface area contributed by atoms with E-state index in [4.69, 9.17) is 28.9 Å². The van der Waals surface area contributed by atoms with Crippen LogP contribution in [0, 0.1) is 0 Å². The van der Waals surface area contributed by atoms with Gasteiger partial charge in [-0.05, 0) is 31.0 Å². The molecule has 1 aliphatic heterocycles. The fraction of sp³-hybridized carbons (Fsp3) is 0.250. The molecule has 2 heterocycles. The van der Waals surface area contributed by atoms with Crippen LogP contribution in [0.3, 0.4) is 0 Å². The maximum Gasteiger partial charge on any atom is 0.260 e. The minimum atomic E-state index is -0.654. The molecule has 7 nitrogen and oxygen atoms in total. The number of amides is 3. The van der Waals surface area contributed by atoms with Crippen molar-refractivity contribution in [1.82, 2.24) is 9.88 Å². The third kappa shape index (κ3) is 3.82. The van der Waals surface area contributed by atoms with Crippen molar-refractivity contribution in [3.63, 3.8) is 0 Å². The van der Waals surface area contributed by atoms with Gasteiger partial charge in [-0.1, -0.05) is 34.5 Å². The number of nitrogens with zero attached hydrogens (tertiary/aromatic N) is 2. The molecule has 2 aromatic rings. The van der Waals surface area contributed by atoms with Crippen molar-refractivity contribution in [2.24, 2.45) is 5.73 Å². The number of rotatable bonds is 4. The van der Waals surface area contributed by atoms with Gasteiger partial charge >= 0.3 is 0 Å². The number of aromatic nitrogens is 1. The average Bonchev–Trinajstić information content (AvgIpc) is 3.25. The first kappa shape index (κ1) is 18.6. The predicted octanol–water partition coefficient (Wildman–Crippen LogP) is 2.79. The summed E-state index contributed by atoms with van der Waals surface area (Å²) in [6, 6.07) is 3.97. The summed E-state index contributed by atoms with van der Waals surface area (Å²) in [5.41, 5.74) is 5.43. The van der Waals surface area contributed by atoms with Gasteiger partial charge in [-0.15, -0.1) is 0 Å². The molecule has 1 saturated heterocycles. The van der Waals surface area contributed by atoms with E-state index < -0.39 is 11.9 Å². The minimum absolute atomic E-state index is 0.241. The van der Waals surface area contributed by atoms with E-state index in [-0.39, 0.29) is 32.4 Å². The monoisotopic (exact) mass is 412 g/mol. The van der Waals surface area contributed by atoms with E-state index in [1.807, 2.05) is 0 Å². The molecule has 3 rings (SSSR count). The van der Waals surface area contributed by atoms with Gasteiger partial charge in [0.25, 0.3) is 11.8 Å². The van der Waals surface area contributed by atoms with Crippen LogP contribution in [0.4, 0.5) is 5.13 Å². The SMILES string of the molecule is NC(=O)c1cnc(NC(=O)C2CCCN2C(=O)c2cc(Cl)ccc2Cl)s1. The number of carbonyl (C=O) groups is 3. The van der Waals surface area contributed by atoms with Gasteiger partial charge in [0.2, 0.25) is 5.91 Å². The molecule has 1 unspecified atom stereocenters. The second-order valence-corrected chi connectivity index (χ2v) is 7.54. The quantitative estimate of drug-likeness (QED) is 0.804. The van der Waals surface area contributed by atoms with Crippen molar-refractivity contribution >= 4 is 57.4 Å². The lowest BCUT2D eigenvalue weighted by Crippen LogP contribution is -2.43. The van der Waals surface area contributed by atoms with Crippen molar-refractivity contribution < 1.29 is 14.4 Å². The molecule has 3 N–H and O–H groups in total. The van der Waals surface area contributed by atoms with Gasteiger partial charge in [-0.2, -0.15) is 0 Å². The smallest absolute Gasteiger partial charge is 0.260 e. The molecular formula is C16H14Cl2N4O3S. The lowest BCUT2D eigenvalue weighted by molar-refractivity contribution is -0.119. The standard InChI is InChI=1S/C16H14Cl2N4O3S/c17-8-3-4-10(18)9(6-8)15(25)22-5-1-2-11(22)14(24)21-16-20-7-12(26-16)13(19)23/h3-4,6-7,11H,1-2,5H2,(H2,19,23)(H,20,21,24). The lowest BCUT2D eigenvalue weighted by atomic mass is 10.1. The van der Waals surface area contributed by atoms with Gasteiger partial charge in [0.1, 0.15) is 10.9 Å². The van der Waals surface area contributed by atoms with Crippen LogP contribution in [0.5, 0.6) is 0 Å². The van der Waals surface area contributed by atoms with E-state index in [0.29, 0.717) is 24.4 Å². The molecule has 0 aliphatic carbocycles. The Morgan fingerprint density at radius 2 is 2.08 bits per heavy atom. The maximum atomic E-state index is 12.8. The summed E-state index contributed by atoms with van der Waals surface area (Å²) in [5.74, 6) is -1.34. The van der Waals surface area contributed by atoms with Crippen molar-refractivity contribution in [3.05, 3.63) is 44.9 Å². The van der Waals surface area contributed by atoms with E-state index in [1.54, 1.807) is 12.1 Å². The van der Waals surface area contributed by atoms with Crippen molar-refractivity contribution in [1.29, 1.82) is 0 Å². The fourth-order valence-electron chi connectivity index (χ4n) is 2.73. The van der Waals surface area contributed by atoms with Crippen LogP contribution in [0.15, 0.2) is 24.4 Å². The maximum absolute atomic E-state index is 12.8. The molecule has 0 bridgehead atoms. The number of carbonyl (C=O) groups excluding carboxylic acids is 3. The first-order chi connectivity index (χ1) is 12.4. The highest BCUT2D eigenvalue weighted by molar-refractivity contribution is 7.17. The third-order valence-electron chi connectivity index (χ3n) is 3.95. The van der Waals surface area contributed by atoms with Crippen LogP contribution in [0.2, 0.25) is 10.0 Å². The highest BCUT2D eigenvalue weighted by Gasteiger charge is 2.35. The molecule has 10 heteroatoms. The number of halogens is 2. The number of thiazole rings is 1. The van der Waals surface area contributed by atoms with Crippen LogP contribution in [0.1, 0.15) is 32.9 Å². The molecule has 0 radical (unpaired) electrons. The second-order valence-electron chi connectivity index (χ2n) is 5.66. The van der Waals surface area contributed by atoms with E-state index in [0.717, 1.165) is 11.3 Å². The van der Waals surface area contributed by atoms with Crippen LogP contribution in [-0.4, -0.2) is 40.2 Å². The van der Waals surface area contributed by atoms with Gasteiger partial charge < -0.3 is 16.0 Å². The van der Waals surface area contributed by atoms with Gasteiger partial charge in [-0.3, -0.25) is 14.4 Å². The highest BCUT2D eigenvalue weighted by Crippen LogP contribution is 2.27. The zero-order chi connectivity index (χ0) is 18.8. The molecule has 0 saturated carbocycles. The molecule has 3 amide bonds. The van der Waals surface area contributed by atoms with Gasteiger partial charge in [-0.25, -0.2) is 4.98 Å². The Balaban J connectivity index is 1.76. The summed E-state index contributed by atoms with van der Waals surface area (Å²) in [4.78, 5) is 42.2. The third-order valence-corrected chi connectivity index (χ3v) is 5.45. The first-order valence-electron chi connectivity index (χ1n) is 7.69. The summed E-state index contributed by atoms with van der Waals surface area (Å²) in [6.07, 6.45) is 2.50. The largest absolute Gasteiger partial charge is 0.365 e.